The van der Waals surface area contributed by atoms with Gasteiger partial charge in [0.25, 0.3) is 0 Å². The highest BCUT2D eigenvalue weighted by Crippen LogP contribution is 2.15. The maximum absolute atomic E-state index is 12.3. The van der Waals surface area contributed by atoms with Crippen LogP contribution in [0.25, 0.3) is 0 Å². The summed E-state index contributed by atoms with van der Waals surface area (Å²) in [5.74, 6) is 0.642. The monoisotopic (exact) mass is 412 g/mol. The number of benzene rings is 2. The molecule has 6 heteroatoms. The molecule has 2 aromatic rings. The number of ether oxygens (including phenoxy) is 2. The van der Waals surface area contributed by atoms with Gasteiger partial charge in [-0.3, -0.25) is 9.69 Å². The van der Waals surface area contributed by atoms with E-state index in [1.165, 1.54) is 5.56 Å². The van der Waals surface area contributed by atoms with Gasteiger partial charge in [-0.15, -0.1) is 0 Å². The molecule has 0 aliphatic carbocycles. The molecule has 1 fully saturated rings. The Balaban J connectivity index is 1.40. The Kier molecular flexibility index (Phi) is 8.25. The van der Waals surface area contributed by atoms with Gasteiger partial charge in [-0.1, -0.05) is 36.4 Å². The molecule has 1 aliphatic heterocycles. The van der Waals surface area contributed by atoms with E-state index in [2.05, 4.69) is 34.5 Å². The van der Waals surface area contributed by atoms with E-state index in [1.807, 2.05) is 24.3 Å². The van der Waals surface area contributed by atoms with Crippen molar-refractivity contribution in [2.24, 2.45) is 0 Å². The Labute approximate surface area is 178 Å². The molecule has 1 amide bonds. The molecule has 6 nitrogen and oxygen atoms in total. The minimum absolute atomic E-state index is 0.131. The summed E-state index contributed by atoms with van der Waals surface area (Å²) in [5.41, 5.74) is 3.27. The first-order valence-corrected chi connectivity index (χ1v) is 10.5. The fourth-order valence-electron chi connectivity index (χ4n) is 3.49. The van der Waals surface area contributed by atoms with Crippen LogP contribution < -0.4 is 10.1 Å². The average Bonchev–Trinajstić information content (AvgIpc) is 2.78. The van der Waals surface area contributed by atoms with Crippen molar-refractivity contribution in [2.45, 2.75) is 51.7 Å². The molecule has 1 heterocycles. The van der Waals surface area contributed by atoms with Gasteiger partial charge in [0, 0.05) is 26.2 Å². The molecule has 0 saturated carbocycles. The second-order valence-electron chi connectivity index (χ2n) is 7.85. The lowest BCUT2D eigenvalue weighted by Crippen LogP contribution is -2.35. The van der Waals surface area contributed by atoms with Crippen LogP contribution in [0.1, 0.15) is 36.5 Å². The zero-order valence-electron chi connectivity index (χ0n) is 17.8. The quantitative estimate of drug-likeness (QED) is 0.663. The SMILES string of the molecule is COc1cccc(COC(C)C(=O)NCc2ccc(CN3CCC(O)CC3)cc2)c1. The molecule has 0 aromatic heterocycles. The van der Waals surface area contributed by atoms with E-state index >= 15 is 0 Å². The Morgan fingerprint density at radius 3 is 2.53 bits per heavy atom. The number of aliphatic hydroxyl groups excluding tert-OH is 1. The van der Waals surface area contributed by atoms with Crippen molar-refractivity contribution in [1.82, 2.24) is 10.2 Å². The molecule has 0 spiro atoms. The Morgan fingerprint density at radius 2 is 1.83 bits per heavy atom. The van der Waals surface area contributed by atoms with Crippen molar-refractivity contribution in [1.29, 1.82) is 0 Å². The van der Waals surface area contributed by atoms with Crippen molar-refractivity contribution in [3.8, 4) is 5.75 Å². The lowest BCUT2D eigenvalue weighted by Gasteiger charge is -2.29. The summed E-state index contributed by atoms with van der Waals surface area (Å²) in [4.78, 5) is 14.7. The van der Waals surface area contributed by atoms with Gasteiger partial charge in [0.1, 0.15) is 11.9 Å². The van der Waals surface area contributed by atoms with Crippen molar-refractivity contribution in [2.75, 3.05) is 20.2 Å². The standard InChI is InChI=1S/C24H32N2O4/c1-18(30-17-21-4-3-5-23(14-21)29-2)24(28)25-15-19-6-8-20(9-7-19)16-26-12-10-22(27)11-13-26/h3-9,14,18,22,27H,10-13,15-17H2,1-2H3,(H,25,28). The van der Waals surface area contributed by atoms with E-state index in [-0.39, 0.29) is 12.0 Å². The van der Waals surface area contributed by atoms with Gasteiger partial charge >= 0.3 is 0 Å². The maximum Gasteiger partial charge on any atom is 0.249 e. The number of hydrogen-bond acceptors (Lipinski definition) is 5. The third kappa shape index (κ3) is 6.83. The molecule has 30 heavy (non-hydrogen) atoms. The number of carbonyl (C=O) groups is 1. The molecule has 162 valence electrons. The zero-order valence-corrected chi connectivity index (χ0v) is 17.8. The van der Waals surface area contributed by atoms with Gasteiger partial charge in [0.2, 0.25) is 5.91 Å². The smallest absolute Gasteiger partial charge is 0.249 e. The van der Waals surface area contributed by atoms with Crippen LogP contribution in [-0.4, -0.2) is 48.3 Å². The summed E-state index contributed by atoms with van der Waals surface area (Å²) in [7, 11) is 1.63. The largest absolute Gasteiger partial charge is 0.497 e. The third-order valence-corrected chi connectivity index (χ3v) is 5.46. The molecular formula is C24H32N2O4. The number of methoxy groups -OCH3 is 1. The molecular weight excluding hydrogens is 380 g/mol. The molecule has 1 atom stereocenters. The molecule has 1 saturated heterocycles. The van der Waals surface area contributed by atoms with E-state index in [0.29, 0.717) is 13.2 Å². The fourth-order valence-corrected chi connectivity index (χ4v) is 3.49. The van der Waals surface area contributed by atoms with Crippen LogP contribution in [-0.2, 0) is 29.2 Å². The first-order chi connectivity index (χ1) is 14.5. The Hall–Kier alpha value is -2.41. The van der Waals surface area contributed by atoms with E-state index < -0.39 is 6.10 Å². The fraction of sp³-hybridized carbons (Fsp3) is 0.458. The minimum atomic E-state index is -0.537. The zero-order chi connectivity index (χ0) is 21.3. The molecule has 0 bridgehead atoms. The van der Waals surface area contributed by atoms with E-state index in [9.17, 15) is 9.90 Å². The van der Waals surface area contributed by atoms with Crippen molar-refractivity contribution < 1.29 is 19.4 Å². The summed E-state index contributed by atoms with van der Waals surface area (Å²) in [6.45, 7) is 5.36. The highest BCUT2D eigenvalue weighted by molar-refractivity contribution is 5.80. The summed E-state index contributed by atoms with van der Waals surface area (Å²) >= 11 is 0. The van der Waals surface area contributed by atoms with Crippen LogP contribution in [0.2, 0.25) is 0 Å². The van der Waals surface area contributed by atoms with Crippen molar-refractivity contribution >= 4 is 5.91 Å². The Bertz CT molecular complexity index is 801. The van der Waals surface area contributed by atoms with Gasteiger partial charge in [-0.05, 0) is 48.6 Å². The van der Waals surface area contributed by atoms with Crippen molar-refractivity contribution in [3.05, 3.63) is 65.2 Å². The van der Waals surface area contributed by atoms with Crippen LogP contribution in [0.5, 0.6) is 5.75 Å². The van der Waals surface area contributed by atoms with Gasteiger partial charge in [0.05, 0.1) is 19.8 Å². The number of piperidine rings is 1. The van der Waals surface area contributed by atoms with Crippen LogP contribution in [0, 0.1) is 0 Å². The summed E-state index contributed by atoms with van der Waals surface area (Å²) in [6.07, 6.45) is 1.02. The van der Waals surface area contributed by atoms with E-state index in [0.717, 1.165) is 49.4 Å². The average molecular weight is 413 g/mol. The first kappa shape index (κ1) is 22.3. The number of carbonyl (C=O) groups excluding carboxylic acids is 1. The number of hydrogen-bond donors (Lipinski definition) is 2. The maximum atomic E-state index is 12.3. The number of nitrogens with zero attached hydrogens (tertiary/aromatic N) is 1. The predicted octanol–water partition coefficient (Wildman–Crippen LogP) is 2.87. The summed E-state index contributed by atoms with van der Waals surface area (Å²) in [5, 5.41) is 12.5. The predicted molar refractivity (Wildman–Crippen MR) is 116 cm³/mol. The van der Waals surface area contributed by atoms with Crippen LogP contribution in [0.4, 0.5) is 0 Å². The molecule has 1 aliphatic rings. The second-order valence-corrected chi connectivity index (χ2v) is 7.85. The number of aliphatic hydroxyl groups is 1. The van der Waals surface area contributed by atoms with Gasteiger partial charge in [-0.2, -0.15) is 0 Å². The topological polar surface area (TPSA) is 71.0 Å². The molecule has 0 radical (unpaired) electrons. The highest BCUT2D eigenvalue weighted by Gasteiger charge is 2.17. The van der Waals surface area contributed by atoms with Crippen LogP contribution in [0.15, 0.2) is 48.5 Å². The highest BCUT2D eigenvalue weighted by atomic mass is 16.5. The number of likely N-dealkylation sites (tertiary alicyclic amines) is 1. The van der Waals surface area contributed by atoms with Gasteiger partial charge in [0.15, 0.2) is 0 Å². The summed E-state index contributed by atoms with van der Waals surface area (Å²) < 4.78 is 10.9. The Morgan fingerprint density at radius 1 is 1.13 bits per heavy atom. The third-order valence-electron chi connectivity index (χ3n) is 5.46. The lowest BCUT2D eigenvalue weighted by atomic mass is 10.1. The van der Waals surface area contributed by atoms with E-state index in [4.69, 9.17) is 9.47 Å². The van der Waals surface area contributed by atoms with Crippen molar-refractivity contribution in [3.63, 3.8) is 0 Å². The molecule has 2 N–H and O–H groups in total. The molecule has 2 aromatic carbocycles. The van der Waals surface area contributed by atoms with Gasteiger partial charge < -0.3 is 19.9 Å². The molecule has 3 rings (SSSR count). The normalized spacial score (nSPS) is 16.2. The van der Waals surface area contributed by atoms with Gasteiger partial charge in [-0.25, -0.2) is 0 Å². The number of rotatable bonds is 9. The first-order valence-electron chi connectivity index (χ1n) is 10.5. The summed E-state index contributed by atoms with van der Waals surface area (Å²) in [6, 6.07) is 15.9. The second kappa shape index (κ2) is 11.1. The number of nitrogens with one attached hydrogen (secondary N) is 1. The lowest BCUT2D eigenvalue weighted by molar-refractivity contribution is -0.132. The minimum Gasteiger partial charge on any atom is -0.497 e. The van der Waals surface area contributed by atoms with E-state index in [1.54, 1.807) is 14.0 Å². The van der Waals surface area contributed by atoms with Crippen LogP contribution >= 0.6 is 0 Å². The number of amides is 1. The molecule has 1 unspecified atom stereocenters. The van der Waals surface area contributed by atoms with Crippen LogP contribution in [0.3, 0.4) is 0 Å².